The van der Waals surface area contributed by atoms with Gasteiger partial charge in [-0.05, 0) is 35.7 Å². The van der Waals surface area contributed by atoms with Crippen molar-refractivity contribution in [3.05, 3.63) is 57.8 Å². The van der Waals surface area contributed by atoms with Crippen molar-refractivity contribution in [3.8, 4) is 11.3 Å². The highest BCUT2D eigenvalue weighted by atomic mass is 79.9. The zero-order chi connectivity index (χ0) is 19.5. The summed E-state index contributed by atoms with van der Waals surface area (Å²) in [6.07, 6.45) is 2.15. The molecule has 0 aliphatic carbocycles. The van der Waals surface area contributed by atoms with Crippen LogP contribution in [-0.2, 0) is 16.1 Å². The summed E-state index contributed by atoms with van der Waals surface area (Å²) in [7, 11) is 0. The first-order valence-corrected chi connectivity index (χ1v) is 10.7. The highest BCUT2D eigenvalue weighted by molar-refractivity contribution is 9.10. The van der Waals surface area contributed by atoms with E-state index in [4.69, 9.17) is 0 Å². The molecule has 144 valence electrons. The lowest BCUT2D eigenvalue weighted by Crippen LogP contribution is -2.34. The number of anilines is 1. The van der Waals surface area contributed by atoms with Gasteiger partial charge in [0.2, 0.25) is 11.8 Å². The summed E-state index contributed by atoms with van der Waals surface area (Å²) in [4.78, 5) is 26.5. The van der Waals surface area contributed by atoms with E-state index in [9.17, 15) is 9.59 Å². The Morgan fingerprint density at radius 2 is 2.21 bits per heavy atom. The van der Waals surface area contributed by atoms with E-state index >= 15 is 0 Å². The van der Waals surface area contributed by atoms with Gasteiger partial charge in [0.15, 0.2) is 0 Å². The van der Waals surface area contributed by atoms with E-state index in [2.05, 4.69) is 31.7 Å². The van der Waals surface area contributed by atoms with Gasteiger partial charge in [-0.1, -0.05) is 22.0 Å². The van der Waals surface area contributed by atoms with Gasteiger partial charge in [0, 0.05) is 46.8 Å². The van der Waals surface area contributed by atoms with E-state index in [1.54, 1.807) is 16.2 Å². The summed E-state index contributed by atoms with van der Waals surface area (Å²) in [6, 6.07) is 11.6. The minimum absolute atomic E-state index is 0.0225. The Kier molecular flexibility index (Phi) is 5.59. The first kappa shape index (κ1) is 18.9. The van der Waals surface area contributed by atoms with E-state index in [1.807, 2.05) is 52.7 Å². The second kappa shape index (κ2) is 8.28. The molecule has 1 aliphatic heterocycles. The normalized spacial score (nSPS) is 16.5. The van der Waals surface area contributed by atoms with Crippen LogP contribution in [0.2, 0.25) is 0 Å². The topological polar surface area (TPSA) is 67.2 Å². The molecule has 8 heteroatoms. The fourth-order valence-corrected chi connectivity index (χ4v) is 4.30. The van der Waals surface area contributed by atoms with E-state index < -0.39 is 0 Å². The summed E-state index contributed by atoms with van der Waals surface area (Å²) in [6.45, 7) is 1.47. The summed E-state index contributed by atoms with van der Waals surface area (Å²) >= 11 is 5.06. The van der Waals surface area contributed by atoms with Crippen LogP contribution in [0.25, 0.3) is 11.3 Å². The SMILES string of the molecule is O=C(NCCn1ccc(-c2ccsc2)n1)C1CC(=O)N(c2cccc(Br)c2)C1. The summed E-state index contributed by atoms with van der Waals surface area (Å²) < 4.78 is 2.73. The number of amides is 2. The van der Waals surface area contributed by atoms with Gasteiger partial charge >= 0.3 is 0 Å². The Morgan fingerprint density at radius 1 is 1.32 bits per heavy atom. The van der Waals surface area contributed by atoms with E-state index in [-0.39, 0.29) is 24.2 Å². The van der Waals surface area contributed by atoms with Gasteiger partial charge in [0.1, 0.15) is 0 Å². The van der Waals surface area contributed by atoms with Crippen LogP contribution in [0.3, 0.4) is 0 Å². The fourth-order valence-electron chi connectivity index (χ4n) is 3.27. The molecular weight excluding hydrogens is 440 g/mol. The first-order chi connectivity index (χ1) is 13.6. The Bertz CT molecular complexity index is 986. The lowest BCUT2D eigenvalue weighted by molar-refractivity contribution is -0.126. The third kappa shape index (κ3) is 4.18. The number of halogens is 1. The van der Waals surface area contributed by atoms with Crippen LogP contribution in [0.4, 0.5) is 5.69 Å². The van der Waals surface area contributed by atoms with Gasteiger partial charge in [-0.3, -0.25) is 14.3 Å². The largest absolute Gasteiger partial charge is 0.354 e. The molecule has 0 saturated carbocycles. The van der Waals surface area contributed by atoms with Crippen molar-refractivity contribution in [3.63, 3.8) is 0 Å². The number of benzene rings is 1. The molecule has 2 amide bonds. The van der Waals surface area contributed by atoms with Gasteiger partial charge in [0.05, 0.1) is 18.2 Å². The zero-order valence-corrected chi connectivity index (χ0v) is 17.4. The highest BCUT2D eigenvalue weighted by Gasteiger charge is 2.34. The Balaban J connectivity index is 1.29. The van der Waals surface area contributed by atoms with Crippen LogP contribution in [-0.4, -0.2) is 34.7 Å². The minimum atomic E-state index is -0.328. The average Bonchev–Trinajstić information content (AvgIpc) is 3.42. The van der Waals surface area contributed by atoms with E-state index in [0.29, 0.717) is 19.6 Å². The molecule has 1 unspecified atom stereocenters. The molecule has 3 heterocycles. The predicted molar refractivity (Wildman–Crippen MR) is 113 cm³/mol. The lowest BCUT2D eigenvalue weighted by atomic mass is 10.1. The molecule has 28 heavy (non-hydrogen) atoms. The van der Waals surface area contributed by atoms with Crippen LogP contribution >= 0.6 is 27.3 Å². The molecule has 0 bridgehead atoms. The number of hydrogen-bond donors (Lipinski definition) is 1. The number of hydrogen-bond acceptors (Lipinski definition) is 4. The molecule has 1 saturated heterocycles. The fraction of sp³-hybridized carbons (Fsp3) is 0.250. The van der Waals surface area contributed by atoms with Gasteiger partial charge in [-0.2, -0.15) is 16.4 Å². The molecule has 0 radical (unpaired) electrons. The summed E-state index contributed by atoms with van der Waals surface area (Å²) in [5.41, 5.74) is 2.84. The number of nitrogens with one attached hydrogen (secondary N) is 1. The molecule has 1 aliphatic rings. The lowest BCUT2D eigenvalue weighted by Gasteiger charge is -2.17. The summed E-state index contributed by atoms with van der Waals surface area (Å²) in [5, 5.41) is 11.5. The molecule has 6 nitrogen and oxygen atoms in total. The number of thiophene rings is 1. The van der Waals surface area contributed by atoms with Crippen LogP contribution in [0.5, 0.6) is 0 Å². The Labute approximate surface area is 175 Å². The van der Waals surface area contributed by atoms with Crippen LogP contribution in [0, 0.1) is 5.92 Å². The predicted octanol–water partition coefficient (Wildman–Crippen LogP) is 3.54. The second-order valence-electron chi connectivity index (χ2n) is 6.65. The number of nitrogens with zero attached hydrogens (tertiary/aromatic N) is 3. The maximum Gasteiger partial charge on any atom is 0.227 e. The molecule has 4 rings (SSSR count). The smallest absolute Gasteiger partial charge is 0.227 e. The monoisotopic (exact) mass is 458 g/mol. The molecule has 3 aromatic rings. The minimum Gasteiger partial charge on any atom is -0.354 e. The van der Waals surface area contributed by atoms with E-state index in [0.717, 1.165) is 21.4 Å². The molecule has 1 fully saturated rings. The molecule has 1 N–H and O–H groups in total. The first-order valence-electron chi connectivity index (χ1n) is 9.00. The number of aromatic nitrogens is 2. The highest BCUT2D eigenvalue weighted by Crippen LogP contribution is 2.27. The molecule has 1 atom stereocenters. The maximum absolute atomic E-state index is 12.5. The summed E-state index contributed by atoms with van der Waals surface area (Å²) in [5.74, 6) is -0.438. The Morgan fingerprint density at radius 3 is 3.00 bits per heavy atom. The molecule has 2 aromatic heterocycles. The van der Waals surface area contributed by atoms with Crippen molar-refractivity contribution < 1.29 is 9.59 Å². The van der Waals surface area contributed by atoms with Crippen molar-refractivity contribution in [1.82, 2.24) is 15.1 Å². The van der Waals surface area contributed by atoms with Crippen LogP contribution in [0.15, 0.2) is 57.8 Å². The van der Waals surface area contributed by atoms with Gasteiger partial charge in [0.25, 0.3) is 0 Å². The number of carbonyl (C=O) groups is 2. The van der Waals surface area contributed by atoms with Crippen LogP contribution < -0.4 is 10.2 Å². The van der Waals surface area contributed by atoms with Crippen molar-refractivity contribution in [1.29, 1.82) is 0 Å². The standard InChI is InChI=1S/C20H19BrN4O2S/c21-16-2-1-3-17(11-16)25-12-15(10-19(25)26)20(27)22-6-8-24-7-4-18(23-24)14-5-9-28-13-14/h1-5,7,9,11,13,15H,6,8,10,12H2,(H,22,27). The van der Waals surface area contributed by atoms with Crippen molar-refractivity contribution in [2.45, 2.75) is 13.0 Å². The van der Waals surface area contributed by atoms with Crippen molar-refractivity contribution in [2.75, 3.05) is 18.0 Å². The zero-order valence-electron chi connectivity index (χ0n) is 15.0. The van der Waals surface area contributed by atoms with Gasteiger partial charge in [-0.15, -0.1) is 0 Å². The van der Waals surface area contributed by atoms with Crippen molar-refractivity contribution in [2.24, 2.45) is 5.92 Å². The van der Waals surface area contributed by atoms with Crippen molar-refractivity contribution >= 4 is 44.8 Å². The maximum atomic E-state index is 12.5. The number of rotatable bonds is 6. The quantitative estimate of drug-likeness (QED) is 0.613. The molecule has 0 spiro atoms. The van der Waals surface area contributed by atoms with E-state index in [1.165, 1.54) is 0 Å². The third-order valence-electron chi connectivity index (χ3n) is 4.71. The number of carbonyl (C=O) groups excluding carboxylic acids is 2. The second-order valence-corrected chi connectivity index (χ2v) is 8.35. The van der Waals surface area contributed by atoms with Gasteiger partial charge in [-0.25, -0.2) is 0 Å². The molecular formula is C20H19BrN4O2S. The average molecular weight is 459 g/mol. The Hall–Kier alpha value is -2.45. The van der Waals surface area contributed by atoms with Gasteiger partial charge < -0.3 is 10.2 Å². The third-order valence-corrected chi connectivity index (χ3v) is 5.89. The molecule has 1 aromatic carbocycles. The van der Waals surface area contributed by atoms with Crippen LogP contribution in [0.1, 0.15) is 6.42 Å².